The molecule has 0 aliphatic heterocycles. The molecule has 0 saturated heterocycles. The van der Waals surface area contributed by atoms with Crippen LogP contribution >= 0.6 is 0 Å². The van der Waals surface area contributed by atoms with E-state index in [1.54, 1.807) is 25.1 Å². The molecule has 1 aromatic rings. The van der Waals surface area contributed by atoms with Crippen molar-refractivity contribution in [3.05, 3.63) is 35.6 Å². The molecule has 0 heterocycles. The summed E-state index contributed by atoms with van der Waals surface area (Å²) in [5, 5.41) is 12.5. The number of benzene rings is 1. The third-order valence-electron chi connectivity index (χ3n) is 2.55. The molecule has 0 fully saturated rings. The van der Waals surface area contributed by atoms with E-state index in [0.717, 1.165) is 13.0 Å². The zero-order chi connectivity index (χ0) is 11.3. The second kappa shape index (κ2) is 5.24. The van der Waals surface area contributed by atoms with E-state index in [1.807, 2.05) is 6.92 Å². The van der Waals surface area contributed by atoms with Gasteiger partial charge >= 0.3 is 0 Å². The molecule has 84 valence electrons. The van der Waals surface area contributed by atoms with Gasteiger partial charge in [-0.2, -0.15) is 0 Å². The van der Waals surface area contributed by atoms with E-state index in [4.69, 9.17) is 0 Å². The summed E-state index contributed by atoms with van der Waals surface area (Å²) in [4.78, 5) is 0. The first-order valence-electron chi connectivity index (χ1n) is 5.25. The lowest BCUT2D eigenvalue weighted by molar-refractivity contribution is 0.171. The molecular weight excluding hydrogens is 193 g/mol. The fraction of sp³-hybridized carbons (Fsp3) is 0.500. The second-order valence-corrected chi connectivity index (χ2v) is 3.90. The highest BCUT2D eigenvalue weighted by molar-refractivity contribution is 5.25. The number of aliphatic hydroxyl groups is 1. The Morgan fingerprint density at radius 2 is 2.07 bits per heavy atom. The molecule has 0 radical (unpaired) electrons. The number of rotatable bonds is 5. The first kappa shape index (κ1) is 12.1. The number of aliphatic hydroxyl groups excluding tert-OH is 1. The van der Waals surface area contributed by atoms with Crippen LogP contribution in [0.1, 0.15) is 25.8 Å². The fourth-order valence-electron chi connectivity index (χ4n) is 1.55. The maximum Gasteiger partial charge on any atom is 0.128 e. The molecule has 0 aliphatic carbocycles. The topological polar surface area (TPSA) is 32.3 Å². The van der Waals surface area contributed by atoms with Crippen LogP contribution in [-0.2, 0) is 5.54 Å². The Kier molecular flexibility index (Phi) is 4.24. The highest BCUT2D eigenvalue weighted by atomic mass is 19.1. The molecule has 0 aliphatic rings. The molecule has 2 nitrogen and oxygen atoms in total. The Morgan fingerprint density at radius 1 is 1.40 bits per heavy atom. The first-order valence-corrected chi connectivity index (χ1v) is 5.25. The quantitative estimate of drug-likeness (QED) is 0.781. The minimum absolute atomic E-state index is 0.117. The van der Waals surface area contributed by atoms with Crippen LogP contribution in [0.4, 0.5) is 4.39 Å². The summed E-state index contributed by atoms with van der Waals surface area (Å²) in [7, 11) is 0. The lowest BCUT2D eigenvalue weighted by atomic mass is 9.92. The van der Waals surface area contributed by atoms with Crippen LogP contribution in [0, 0.1) is 5.82 Å². The molecule has 0 spiro atoms. The zero-order valence-corrected chi connectivity index (χ0v) is 9.26. The van der Waals surface area contributed by atoms with E-state index in [9.17, 15) is 9.50 Å². The van der Waals surface area contributed by atoms with Crippen LogP contribution in [-0.4, -0.2) is 18.3 Å². The van der Waals surface area contributed by atoms with Crippen molar-refractivity contribution in [2.45, 2.75) is 25.8 Å². The van der Waals surface area contributed by atoms with Crippen molar-refractivity contribution >= 4 is 0 Å². The number of halogens is 1. The van der Waals surface area contributed by atoms with Gasteiger partial charge in [0.1, 0.15) is 5.82 Å². The third kappa shape index (κ3) is 2.76. The maximum atomic E-state index is 13.5. The predicted molar refractivity (Wildman–Crippen MR) is 59.1 cm³/mol. The molecule has 15 heavy (non-hydrogen) atoms. The van der Waals surface area contributed by atoms with Gasteiger partial charge in [0.05, 0.1) is 12.1 Å². The second-order valence-electron chi connectivity index (χ2n) is 3.90. The fourth-order valence-corrected chi connectivity index (χ4v) is 1.55. The Bertz CT molecular complexity index is 316. The van der Waals surface area contributed by atoms with Gasteiger partial charge in [0.2, 0.25) is 0 Å². The van der Waals surface area contributed by atoms with Crippen LogP contribution in [0.25, 0.3) is 0 Å². The van der Waals surface area contributed by atoms with E-state index in [1.165, 1.54) is 6.07 Å². The van der Waals surface area contributed by atoms with Crippen LogP contribution in [0.15, 0.2) is 24.3 Å². The molecular formula is C12H18FNO. The summed E-state index contributed by atoms with van der Waals surface area (Å²) >= 11 is 0. The maximum absolute atomic E-state index is 13.5. The van der Waals surface area contributed by atoms with Gasteiger partial charge in [0.25, 0.3) is 0 Å². The van der Waals surface area contributed by atoms with Gasteiger partial charge in [-0.1, -0.05) is 25.1 Å². The van der Waals surface area contributed by atoms with Gasteiger partial charge in [-0.25, -0.2) is 4.39 Å². The van der Waals surface area contributed by atoms with Crippen molar-refractivity contribution in [1.29, 1.82) is 0 Å². The molecule has 0 bridgehead atoms. The summed E-state index contributed by atoms with van der Waals surface area (Å²) < 4.78 is 13.5. The molecule has 0 aromatic heterocycles. The van der Waals surface area contributed by atoms with Crippen LogP contribution in [0.5, 0.6) is 0 Å². The van der Waals surface area contributed by atoms with Crippen LogP contribution in [0.2, 0.25) is 0 Å². The number of hydrogen-bond acceptors (Lipinski definition) is 2. The molecule has 1 atom stereocenters. The minimum atomic E-state index is -0.693. The predicted octanol–water partition coefficient (Wildman–Crippen LogP) is 2.03. The monoisotopic (exact) mass is 211 g/mol. The number of nitrogens with one attached hydrogen (secondary N) is 1. The van der Waals surface area contributed by atoms with Crippen molar-refractivity contribution in [3.8, 4) is 0 Å². The SMILES string of the molecule is CCCNC(C)(CO)c1ccccc1F. The van der Waals surface area contributed by atoms with Gasteiger partial charge in [-0.3, -0.25) is 0 Å². The van der Waals surface area contributed by atoms with E-state index in [0.29, 0.717) is 5.56 Å². The summed E-state index contributed by atoms with van der Waals surface area (Å²) in [6, 6.07) is 6.54. The van der Waals surface area contributed by atoms with Gasteiger partial charge in [0.15, 0.2) is 0 Å². The lowest BCUT2D eigenvalue weighted by Gasteiger charge is -2.29. The minimum Gasteiger partial charge on any atom is -0.394 e. The van der Waals surface area contributed by atoms with Gasteiger partial charge in [0, 0.05) is 5.56 Å². The van der Waals surface area contributed by atoms with Crippen molar-refractivity contribution in [2.24, 2.45) is 0 Å². The molecule has 1 unspecified atom stereocenters. The highest BCUT2D eigenvalue weighted by Gasteiger charge is 2.27. The Morgan fingerprint density at radius 3 is 2.60 bits per heavy atom. The summed E-state index contributed by atoms with van der Waals surface area (Å²) in [6.07, 6.45) is 0.948. The van der Waals surface area contributed by atoms with Gasteiger partial charge < -0.3 is 10.4 Å². The smallest absolute Gasteiger partial charge is 0.128 e. The average Bonchev–Trinajstić information content (AvgIpc) is 2.26. The summed E-state index contributed by atoms with van der Waals surface area (Å²) in [6.45, 7) is 4.48. The number of hydrogen-bond donors (Lipinski definition) is 2. The Balaban J connectivity index is 2.95. The molecule has 1 rings (SSSR count). The average molecular weight is 211 g/mol. The normalized spacial score (nSPS) is 14.9. The van der Waals surface area contributed by atoms with Crippen molar-refractivity contribution in [3.63, 3.8) is 0 Å². The van der Waals surface area contributed by atoms with Crippen LogP contribution in [0.3, 0.4) is 0 Å². The largest absolute Gasteiger partial charge is 0.394 e. The molecule has 0 amide bonds. The third-order valence-corrected chi connectivity index (χ3v) is 2.55. The van der Waals surface area contributed by atoms with E-state index >= 15 is 0 Å². The Hall–Kier alpha value is -0.930. The van der Waals surface area contributed by atoms with E-state index < -0.39 is 5.54 Å². The molecule has 0 saturated carbocycles. The zero-order valence-electron chi connectivity index (χ0n) is 9.26. The molecule has 1 aromatic carbocycles. The van der Waals surface area contributed by atoms with Crippen molar-refractivity contribution < 1.29 is 9.50 Å². The lowest BCUT2D eigenvalue weighted by Crippen LogP contribution is -2.43. The first-order chi connectivity index (χ1) is 7.14. The summed E-state index contributed by atoms with van der Waals surface area (Å²) in [5.41, 5.74) is -0.178. The molecule has 3 heteroatoms. The Labute approximate surface area is 90.1 Å². The summed E-state index contributed by atoms with van der Waals surface area (Å²) in [5.74, 6) is -0.280. The van der Waals surface area contributed by atoms with E-state index in [2.05, 4.69) is 5.32 Å². The van der Waals surface area contributed by atoms with Crippen molar-refractivity contribution in [1.82, 2.24) is 5.32 Å². The standard InChI is InChI=1S/C12H18FNO/c1-3-8-14-12(2,9-15)10-6-4-5-7-11(10)13/h4-7,14-15H,3,8-9H2,1-2H3. The highest BCUT2D eigenvalue weighted by Crippen LogP contribution is 2.22. The van der Waals surface area contributed by atoms with Gasteiger partial charge in [-0.15, -0.1) is 0 Å². The molecule has 2 N–H and O–H groups in total. The van der Waals surface area contributed by atoms with Crippen molar-refractivity contribution in [2.75, 3.05) is 13.2 Å². The van der Waals surface area contributed by atoms with E-state index in [-0.39, 0.29) is 12.4 Å². The van der Waals surface area contributed by atoms with Gasteiger partial charge in [-0.05, 0) is 26.0 Å². The van der Waals surface area contributed by atoms with Crippen LogP contribution < -0.4 is 5.32 Å².